The smallest absolute Gasteiger partial charge is 0.0992 e. The molecule has 2 rings (SSSR count). The molecule has 0 fully saturated rings. The normalized spacial score (nSPS) is 10.2. The average molecular weight is 257 g/mol. The van der Waals surface area contributed by atoms with Gasteiger partial charge in [-0.1, -0.05) is 61.7 Å². The highest BCUT2D eigenvalue weighted by molar-refractivity contribution is 5.78. The fourth-order valence-corrected chi connectivity index (χ4v) is 1.96. The Kier molecular flexibility index (Phi) is 4.32. The van der Waals surface area contributed by atoms with Crippen molar-refractivity contribution in [2.24, 2.45) is 0 Å². The number of nitriles is 1. The van der Waals surface area contributed by atoms with E-state index in [9.17, 15) is 5.26 Å². The fourth-order valence-electron chi connectivity index (χ4n) is 1.96. The van der Waals surface area contributed by atoms with Crippen molar-refractivity contribution in [2.75, 3.05) is 0 Å². The second-order valence-electron chi connectivity index (χ2n) is 4.40. The third-order valence-electron chi connectivity index (χ3n) is 2.97. The minimum absolute atomic E-state index is 0.634. The number of nitrogens with zero attached hydrogens (tertiary/aromatic N) is 1. The molecule has 0 heterocycles. The Balaban J connectivity index is 2.50. The van der Waals surface area contributed by atoms with Crippen LogP contribution in [0.3, 0.4) is 0 Å². The summed E-state index contributed by atoms with van der Waals surface area (Å²) in [5, 5.41) is 9.18. The van der Waals surface area contributed by atoms with Crippen LogP contribution in [-0.2, 0) is 0 Å². The minimum Gasteiger partial charge on any atom is -0.192 e. The lowest BCUT2D eigenvalue weighted by molar-refractivity contribution is 1.47. The van der Waals surface area contributed by atoms with Gasteiger partial charge in [-0.05, 0) is 40.5 Å². The molecule has 0 saturated heterocycles. The molecule has 0 N–H and O–H groups in total. The number of allylic oxidation sites excluding steroid dienone is 4. The lowest BCUT2D eigenvalue weighted by Crippen LogP contribution is -1.86. The van der Waals surface area contributed by atoms with Crippen LogP contribution in [0.15, 0.2) is 79.9 Å². The highest BCUT2D eigenvalue weighted by atomic mass is 14.2. The summed E-state index contributed by atoms with van der Waals surface area (Å²) in [6, 6.07) is 18.0. The molecule has 0 bridgehead atoms. The van der Waals surface area contributed by atoms with Gasteiger partial charge < -0.3 is 0 Å². The second kappa shape index (κ2) is 6.36. The van der Waals surface area contributed by atoms with E-state index in [0.717, 1.165) is 22.3 Å². The van der Waals surface area contributed by atoms with Gasteiger partial charge in [0.1, 0.15) is 0 Å². The largest absolute Gasteiger partial charge is 0.192 e. The first-order valence-corrected chi connectivity index (χ1v) is 6.33. The van der Waals surface area contributed by atoms with Crippen molar-refractivity contribution in [1.82, 2.24) is 0 Å². The molecule has 0 radical (unpaired) electrons. The van der Waals surface area contributed by atoms with Crippen LogP contribution in [0.2, 0.25) is 0 Å². The predicted octanol–water partition coefficient (Wildman–Crippen LogP) is 4.98. The highest BCUT2D eigenvalue weighted by Gasteiger charge is 2.04. The molecular formula is C19H15N. The van der Waals surface area contributed by atoms with Gasteiger partial charge in [-0.15, -0.1) is 0 Å². The lowest BCUT2D eigenvalue weighted by Gasteiger charge is -2.07. The number of benzene rings is 2. The first-order chi connectivity index (χ1) is 9.74. The van der Waals surface area contributed by atoms with Crippen LogP contribution in [0.4, 0.5) is 0 Å². The Labute approximate surface area is 119 Å². The van der Waals surface area contributed by atoms with E-state index < -0.39 is 0 Å². The molecule has 0 aliphatic carbocycles. The maximum Gasteiger partial charge on any atom is 0.0992 e. The summed E-state index contributed by atoms with van der Waals surface area (Å²) in [5.41, 5.74) is 4.55. The van der Waals surface area contributed by atoms with Crippen LogP contribution in [0.25, 0.3) is 16.7 Å². The van der Waals surface area contributed by atoms with Gasteiger partial charge >= 0.3 is 0 Å². The Morgan fingerprint density at radius 3 is 2.45 bits per heavy atom. The summed E-state index contributed by atoms with van der Waals surface area (Å²) >= 11 is 0. The van der Waals surface area contributed by atoms with Crippen LogP contribution in [-0.4, -0.2) is 0 Å². The van der Waals surface area contributed by atoms with E-state index in [1.165, 1.54) is 0 Å². The van der Waals surface area contributed by atoms with E-state index in [1.54, 1.807) is 6.08 Å². The van der Waals surface area contributed by atoms with Gasteiger partial charge in [-0.25, -0.2) is 0 Å². The van der Waals surface area contributed by atoms with Crippen molar-refractivity contribution >= 4 is 5.57 Å². The molecule has 1 nitrogen and oxygen atoms in total. The first kappa shape index (κ1) is 13.6. The van der Waals surface area contributed by atoms with Gasteiger partial charge in [0.25, 0.3) is 0 Å². The van der Waals surface area contributed by atoms with Gasteiger partial charge in [0.15, 0.2) is 0 Å². The third kappa shape index (κ3) is 3.13. The number of rotatable bonds is 4. The molecule has 0 aliphatic rings. The van der Waals surface area contributed by atoms with Crippen LogP contribution < -0.4 is 0 Å². The van der Waals surface area contributed by atoms with E-state index in [2.05, 4.69) is 19.2 Å². The summed E-state index contributed by atoms with van der Waals surface area (Å²) in [7, 11) is 0. The first-order valence-electron chi connectivity index (χ1n) is 6.33. The summed E-state index contributed by atoms with van der Waals surface area (Å²) in [4.78, 5) is 0. The van der Waals surface area contributed by atoms with Gasteiger partial charge in [-0.3, -0.25) is 0 Å². The number of hydrogen-bond acceptors (Lipinski definition) is 1. The summed E-state index contributed by atoms with van der Waals surface area (Å²) in [5.74, 6) is 0. The van der Waals surface area contributed by atoms with Crippen molar-refractivity contribution in [2.45, 2.75) is 0 Å². The zero-order chi connectivity index (χ0) is 14.4. The van der Waals surface area contributed by atoms with E-state index in [4.69, 9.17) is 0 Å². The molecule has 2 aromatic rings. The van der Waals surface area contributed by atoms with Crippen LogP contribution >= 0.6 is 0 Å². The zero-order valence-corrected chi connectivity index (χ0v) is 11.2. The molecule has 0 aromatic heterocycles. The Bertz CT molecular complexity index is 700. The van der Waals surface area contributed by atoms with Crippen molar-refractivity contribution < 1.29 is 0 Å². The molecule has 0 spiro atoms. The maximum absolute atomic E-state index is 9.18. The van der Waals surface area contributed by atoms with Gasteiger partial charge in [0.2, 0.25) is 0 Å². The van der Waals surface area contributed by atoms with E-state index in [1.807, 2.05) is 60.7 Å². The van der Waals surface area contributed by atoms with Crippen molar-refractivity contribution in [3.63, 3.8) is 0 Å². The Hall–Kier alpha value is -2.85. The zero-order valence-electron chi connectivity index (χ0n) is 11.2. The van der Waals surface area contributed by atoms with Gasteiger partial charge in [0, 0.05) is 0 Å². The molecule has 2 aromatic carbocycles. The number of hydrogen-bond donors (Lipinski definition) is 0. The average Bonchev–Trinajstić information content (AvgIpc) is 2.52. The Morgan fingerprint density at radius 1 is 1.05 bits per heavy atom. The molecule has 0 unspecified atom stereocenters. The van der Waals surface area contributed by atoms with E-state index in [-0.39, 0.29) is 0 Å². The summed E-state index contributed by atoms with van der Waals surface area (Å²) in [6.07, 6.45) is 5.43. The minimum atomic E-state index is 0.634. The second-order valence-corrected chi connectivity index (χ2v) is 4.40. The van der Waals surface area contributed by atoms with Crippen molar-refractivity contribution in [3.8, 4) is 17.2 Å². The maximum atomic E-state index is 9.18. The van der Waals surface area contributed by atoms with Gasteiger partial charge in [0.05, 0.1) is 11.6 Å². The molecular weight excluding hydrogens is 242 g/mol. The molecule has 1 heteroatoms. The van der Waals surface area contributed by atoms with E-state index in [0.29, 0.717) is 5.56 Å². The SMILES string of the molecule is C=C/C=C\C(=C)c1cc(C#N)cc(-c2ccccc2)c1. The molecule has 96 valence electrons. The van der Waals surface area contributed by atoms with Crippen molar-refractivity contribution in [1.29, 1.82) is 5.26 Å². The molecule has 0 atom stereocenters. The molecule has 0 saturated carbocycles. The molecule has 20 heavy (non-hydrogen) atoms. The monoisotopic (exact) mass is 257 g/mol. The third-order valence-corrected chi connectivity index (χ3v) is 2.97. The summed E-state index contributed by atoms with van der Waals surface area (Å²) in [6.45, 7) is 7.67. The van der Waals surface area contributed by atoms with Crippen LogP contribution in [0.1, 0.15) is 11.1 Å². The van der Waals surface area contributed by atoms with Crippen molar-refractivity contribution in [3.05, 3.63) is 91.0 Å². The predicted molar refractivity (Wildman–Crippen MR) is 85.0 cm³/mol. The fraction of sp³-hybridized carbons (Fsp3) is 0. The van der Waals surface area contributed by atoms with Crippen LogP contribution in [0, 0.1) is 11.3 Å². The Morgan fingerprint density at radius 2 is 1.80 bits per heavy atom. The molecule has 0 amide bonds. The van der Waals surface area contributed by atoms with E-state index >= 15 is 0 Å². The standard InChI is InChI=1S/C19H15N/c1-3-4-8-15(2)18-11-16(14-20)12-19(13-18)17-9-6-5-7-10-17/h3-13H,1-2H2/b8-4-. The molecule has 0 aliphatic heterocycles. The lowest BCUT2D eigenvalue weighted by atomic mass is 9.97. The van der Waals surface area contributed by atoms with Gasteiger partial charge in [-0.2, -0.15) is 5.26 Å². The van der Waals surface area contributed by atoms with Crippen LogP contribution in [0.5, 0.6) is 0 Å². The summed E-state index contributed by atoms with van der Waals surface area (Å²) < 4.78 is 0. The highest BCUT2D eigenvalue weighted by Crippen LogP contribution is 2.25. The topological polar surface area (TPSA) is 23.8 Å². The quantitative estimate of drug-likeness (QED) is 0.708.